The van der Waals surface area contributed by atoms with Crippen LogP contribution in [-0.2, 0) is 11.3 Å². The van der Waals surface area contributed by atoms with Crippen LogP contribution in [0.15, 0.2) is 42.5 Å². The zero-order chi connectivity index (χ0) is 21.1. The average Bonchev–Trinajstić information content (AvgIpc) is 3.42. The normalized spacial score (nSPS) is 18.7. The quantitative estimate of drug-likeness (QED) is 0.729. The van der Waals surface area contributed by atoms with E-state index in [0.717, 1.165) is 55.0 Å². The Bertz CT molecular complexity index is 925. The van der Waals surface area contributed by atoms with E-state index in [9.17, 15) is 9.59 Å². The summed E-state index contributed by atoms with van der Waals surface area (Å²) in [6.45, 7) is 2.16. The zero-order valence-electron chi connectivity index (χ0n) is 17.6. The third-order valence-electron chi connectivity index (χ3n) is 6.06. The minimum atomic E-state index is -0.0137. The van der Waals surface area contributed by atoms with Crippen molar-refractivity contribution in [3.63, 3.8) is 0 Å². The Morgan fingerprint density at radius 3 is 2.50 bits per heavy atom. The number of rotatable bonds is 6. The number of carbonyl (C=O) groups excluding carboxylic acids is 2. The maximum absolute atomic E-state index is 13.3. The largest absolute Gasteiger partial charge is 0.497 e. The van der Waals surface area contributed by atoms with Gasteiger partial charge >= 0.3 is 0 Å². The van der Waals surface area contributed by atoms with Crippen molar-refractivity contribution in [3.8, 4) is 11.5 Å². The van der Waals surface area contributed by atoms with Crippen LogP contribution in [0, 0.1) is 0 Å². The van der Waals surface area contributed by atoms with Crippen molar-refractivity contribution < 1.29 is 19.1 Å². The molecule has 2 aliphatic rings. The molecule has 158 valence electrons. The average molecular weight is 408 g/mol. The maximum Gasteiger partial charge on any atom is 0.254 e. The topological polar surface area (TPSA) is 59.1 Å². The number of ether oxygens (including phenoxy) is 2. The highest BCUT2D eigenvalue weighted by atomic mass is 16.5. The van der Waals surface area contributed by atoms with E-state index < -0.39 is 0 Å². The molecule has 2 fully saturated rings. The summed E-state index contributed by atoms with van der Waals surface area (Å²) in [4.78, 5) is 28.9. The van der Waals surface area contributed by atoms with Gasteiger partial charge in [0.15, 0.2) is 0 Å². The van der Waals surface area contributed by atoms with Gasteiger partial charge < -0.3 is 19.3 Å². The van der Waals surface area contributed by atoms with E-state index in [4.69, 9.17) is 9.47 Å². The molecule has 2 saturated heterocycles. The van der Waals surface area contributed by atoms with Gasteiger partial charge in [-0.15, -0.1) is 0 Å². The Morgan fingerprint density at radius 1 is 1.03 bits per heavy atom. The highest BCUT2D eigenvalue weighted by Gasteiger charge is 2.32. The second kappa shape index (κ2) is 8.78. The van der Waals surface area contributed by atoms with Gasteiger partial charge in [-0.3, -0.25) is 9.59 Å². The van der Waals surface area contributed by atoms with Gasteiger partial charge in [0.2, 0.25) is 5.91 Å². The predicted octanol–water partition coefficient (Wildman–Crippen LogP) is 3.80. The number of benzene rings is 2. The molecule has 0 saturated carbocycles. The monoisotopic (exact) mass is 408 g/mol. The lowest BCUT2D eigenvalue weighted by atomic mass is 10.0. The summed E-state index contributed by atoms with van der Waals surface area (Å²) in [5.41, 5.74) is 2.73. The van der Waals surface area contributed by atoms with Gasteiger partial charge in [-0.2, -0.15) is 0 Å². The first kappa shape index (κ1) is 20.3. The molecule has 1 unspecified atom stereocenters. The van der Waals surface area contributed by atoms with Crippen LogP contribution in [0.1, 0.15) is 53.2 Å². The van der Waals surface area contributed by atoms with Crippen molar-refractivity contribution in [1.82, 2.24) is 9.80 Å². The molecular weight excluding hydrogens is 380 g/mol. The standard InChI is InChI=1S/C24H28N2O4/c1-29-19-11-12-20(22(15-19)30-2)21-5-3-14-26(21)24(28)18-9-7-17(8-10-18)16-25-13-4-6-23(25)27/h7-12,15,21H,3-6,13-14,16H2,1-2H3. The summed E-state index contributed by atoms with van der Waals surface area (Å²) in [6.07, 6.45) is 3.44. The summed E-state index contributed by atoms with van der Waals surface area (Å²) in [7, 11) is 3.27. The molecule has 0 spiro atoms. The Kier molecular flexibility index (Phi) is 5.93. The molecule has 2 aliphatic heterocycles. The molecule has 0 bridgehead atoms. The highest BCUT2D eigenvalue weighted by Crippen LogP contribution is 2.39. The van der Waals surface area contributed by atoms with Crippen LogP contribution in [-0.4, -0.2) is 48.9 Å². The van der Waals surface area contributed by atoms with Crippen molar-refractivity contribution in [3.05, 3.63) is 59.2 Å². The van der Waals surface area contributed by atoms with Crippen molar-refractivity contribution in [2.24, 2.45) is 0 Å². The molecule has 6 heteroatoms. The summed E-state index contributed by atoms with van der Waals surface area (Å²) in [5, 5.41) is 0. The van der Waals surface area contributed by atoms with Crippen LogP contribution >= 0.6 is 0 Å². The molecule has 4 rings (SSSR count). The highest BCUT2D eigenvalue weighted by molar-refractivity contribution is 5.94. The summed E-state index contributed by atoms with van der Waals surface area (Å²) >= 11 is 0. The van der Waals surface area contributed by atoms with E-state index >= 15 is 0 Å². The first-order valence-corrected chi connectivity index (χ1v) is 10.5. The van der Waals surface area contributed by atoms with Crippen molar-refractivity contribution in [2.45, 2.75) is 38.3 Å². The number of nitrogens with zero attached hydrogens (tertiary/aromatic N) is 2. The van der Waals surface area contributed by atoms with Crippen LogP contribution in [0.5, 0.6) is 11.5 Å². The number of likely N-dealkylation sites (tertiary alicyclic amines) is 2. The molecule has 0 radical (unpaired) electrons. The third-order valence-corrected chi connectivity index (χ3v) is 6.06. The molecule has 1 atom stereocenters. The van der Waals surface area contributed by atoms with Gasteiger partial charge in [-0.25, -0.2) is 0 Å². The van der Waals surface area contributed by atoms with Crippen LogP contribution < -0.4 is 9.47 Å². The lowest BCUT2D eigenvalue weighted by Crippen LogP contribution is -2.30. The third kappa shape index (κ3) is 3.99. The lowest BCUT2D eigenvalue weighted by Gasteiger charge is -2.27. The summed E-state index contributed by atoms with van der Waals surface area (Å²) in [5.74, 6) is 1.71. The molecule has 2 heterocycles. The number of hydrogen-bond donors (Lipinski definition) is 0. The summed E-state index contributed by atoms with van der Waals surface area (Å²) in [6, 6.07) is 13.4. The van der Waals surface area contributed by atoms with Crippen molar-refractivity contribution in [1.29, 1.82) is 0 Å². The smallest absolute Gasteiger partial charge is 0.254 e. The minimum absolute atomic E-state index is 0.0137. The van der Waals surface area contributed by atoms with E-state index in [-0.39, 0.29) is 17.9 Å². The van der Waals surface area contributed by atoms with Crippen LogP contribution in [0.2, 0.25) is 0 Å². The zero-order valence-corrected chi connectivity index (χ0v) is 17.6. The summed E-state index contributed by atoms with van der Waals surface area (Å²) < 4.78 is 10.9. The second-order valence-corrected chi connectivity index (χ2v) is 7.88. The Hall–Kier alpha value is -3.02. The van der Waals surface area contributed by atoms with Gasteiger partial charge in [0.05, 0.1) is 20.3 Å². The molecule has 2 aromatic rings. The first-order valence-electron chi connectivity index (χ1n) is 10.5. The Morgan fingerprint density at radius 2 is 1.83 bits per heavy atom. The SMILES string of the molecule is COc1ccc(C2CCCN2C(=O)c2ccc(CN3CCCC3=O)cc2)c(OC)c1. The molecule has 30 heavy (non-hydrogen) atoms. The van der Waals surface area contributed by atoms with Gasteiger partial charge in [-0.05, 0) is 49.1 Å². The number of hydrogen-bond acceptors (Lipinski definition) is 4. The van der Waals surface area contributed by atoms with Gasteiger partial charge in [-0.1, -0.05) is 12.1 Å². The Balaban J connectivity index is 1.50. The molecule has 2 amide bonds. The second-order valence-electron chi connectivity index (χ2n) is 7.88. The fourth-order valence-corrected chi connectivity index (χ4v) is 4.44. The fraction of sp³-hybridized carbons (Fsp3) is 0.417. The van der Waals surface area contributed by atoms with Gasteiger partial charge in [0.1, 0.15) is 11.5 Å². The van der Waals surface area contributed by atoms with Gasteiger partial charge in [0, 0.05) is 43.2 Å². The minimum Gasteiger partial charge on any atom is -0.497 e. The molecule has 6 nitrogen and oxygen atoms in total. The first-order chi connectivity index (χ1) is 14.6. The van der Waals surface area contributed by atoms with E-state index in [0.29, 0.717) is 18.5 Å². The fourth-order valence-electron chi connectivity index (χ4n) is 4.44. The number of carbonyl (C=O) groups is 2. The van der Waals surface area contributed by atoms with Crippen LogP contribution in [0.25, 0.3) is 0 Å². The van der Waals surface area contributed by atoms with Crippen molar-refractivity contribution in [2.75, 3.05) is 27.3 Å². The molecule has 0 aromatic heterocycles. The molecule has 0 N–H and O–H groups in total. The molecule has 2 aromatic carbocycles. The lowest BCUT2D eigenvalue weighted by molar-refractivity contribution is -0.128. The number of amides is 2. The number of methoxy groups -OCH3 is 2. The Labute approximate surface area is 177 Å². The van der Waals surface area contributed by atoms with E-state index in [2.05, 4.69) is 0 Å². The van der Waals surface area contributed by atoms with E-state index in [1.807, 2.05) is 52.3 Å². The maximum atomic E-state index is 13.3. The molecular formula is C24H28N2O4. The van der Waals surface area contributed by atoms with Crippen molar-refractivity contribution >= 4 is 11.8 Å². The van der Waals surface area contributed by atoms with Gasteiger partial charge in [0.25, 0.3) is 5.91 Å². The predicted molar refractivity (Wildman–Crippen MR) is 114 cm³/mol. The van der Waals surface area contributed by atoms with Crippen LogP contribution in [0.3, 0.4) is 0 Å². The van der Waals surface area contributed by atoms with E-state index in [1.165, 1.54) is 0 Å². The van der Waals surface area contributed by atoms with Crippen LogP contribution in [0.4, 0.5) is 0 Å². The molecule has 0 aliphatic carbocycles. The van der Waals surface area contributed by atoms with E-state index in [1.54, 1.807) is 14.2 Å².